The first-order valence-electron chi connectivity index (χ1n) is 17.4. The van der Waals surface area contributed by atoms with Gasteiger partial charge in [-0.15, -0.1) is 0 Å². The summed E-state index contributed by atoms with van der Waals surface area (Å²) in [5.74, 6) is 0. The number of para-hydroxylation sites is 5. The lowest BCUT2D eigenvalue weighted by molar-refractivity contribution is 1.16. The Morgan fingerprint density at radius 2 is 0.843 bits per heavy atom. The Balaban J connectivity index is 1.13. The number of fused-ring (bicyclic) bond motifs is 9. The van der Waals surface area contributed by atoms with Crippen LogP contribution in [0.4, 0.5) is 0 Å². The first-order chi connectivity index (χ1) is 25.3. The van der Waals surface area contributed by atoms with Gasteiger partial charge in [0.2, 0.25) is 0 Å². The molecule has 0 spiro atoms. The summed E-state index contributed by atoms with van der Waals surface area (Å²) in [4.78, 5) is 4.46. The lowest BCUT2D eigenvalue weighted by Crippen LogP contribution is -1.99. The van der Waals surface area contributed by atoms with E-state index in [4.69, 9.17) is 0 Å². The van der Waals surface area contributed by atoms with Gasteiger partial charge >= 0.3 is 0 Å². The molecule has 4 heterocycles. The van der Waals surface area contributed by atoms with E-state index in [1.807, 2.05) is 12.4 Å². The van der Waals surface area contributed by atoms with E-state index in [2.05, 4.69) is 189 Å². The van der Waals surface area contributed by atoms with Crippen molar-refractivity contribution in [3.8, 4) is 28.2 Å². The first kappa shape index (κ1) is 28.0. The van der Waals surface area contributed by atoms with Crippen molar-refractivity contribution < 1.29 is 0 Å². The van der Waals surface area contributed by atoms with Crippen LogP contribution in [0.3, 0.4) is 0 Å². The Bertz CT molecular complexity index is 3050. The minimum absolute atomic E-state index is 1.13. The van der Waals surface area contributed by atoms with Crippen molar-refractivity contribution in [2.24, 2.45) is 0 Å². The normalized spacial score (nSPS) is 11.9. The molecule has 0 atom stereocenters. The molecule has 4 heteroatoms. The number of hydrogen-bond acceptors (Lipinski definition) is 1. The predicted octanol–water partition coefficient (Wildman–Crippen LogP) is 12.0. The summed E-state index contributed by atoms with van der Waals surface area (Å²) in [5.41, 5.74) is 12.9. The standard InChI is InChI=1S/C47H30N4/c1-6-19-41(34(14-1)31-12-11-13-32(28-31)49-42-20-7-2-15-35(42)36-16-3-8-21-43(36)49)51-45-23-10-4-17-37(45)39-29-33(24-25-46(39)51)50-44-22-9-5-18-38(44)40-30-48-27-26-47(40)50/h1-30H. The molecule has 0 saturated carbocycles. The summed E-state index contributed by atoms with van der Waals surface area (Å²) >= 11 is 0. The number of benzene rings is 7. The summed E-state index contributed by atoms with van der Waals surface area (Å²) in [6.45, 7) is 0. The molecule has 51 heavy (non-hydrogen) atoms. The maximum Gasteiger partial charge on any atom is 0.0571 e. The Morgan fingerprint density at radius 3 is 1.53 bits per heavy atom. The summed E-state index contributed by atoms with van der Waals surface area (Å²) in [6, 6.07) is 61.6. The second-order valence-electron chi connectivity index (χ2n) is 13.2. The molecule has 0 aliphatic rings. The van der Waals surface area contributed by atoms with E-state index in [1.165, 1.54) is 65.6 Å². The van der Waals surface area contributed by atoms with Gasteiger partial charge in [0.05, 0.1) is 38.8 Å². The number of aromatic nitrogens is 4. The average molecular weight is 651 g/mol. The monoisotopic (exact) mass is 650 g/mol. The Kier molecular flexibility index (Phi) is 5.92. The van der Waals surface area contributed by atoms with Crippen molar-refractivity contribution in [3.05, 3.63) is 182 Å². The quantitative estimate of drug-likeness (QED) is 0.186. The fourth-order valence-electron chi connectivity index (χ4n) is 8.38. The SMILES string of the molecule is c1cc(-c2ccccc2-n2c3ccccc3c3cc(-n4c5ccccc5c5cnccc54)ccc32)cc(-n2c3ccccc3c3ccccc32)c1. The molecule has 7 aromatic carbocycles. The van der Waals surface area contributed by atoms with Crippen LogP contribution in [-0.2, 0) is 0 Å². The topological polar surface area (TPSA) is 27.7 Å². The lowest BCUT2D eigenvalue weighted by Gasteiger charge is -2.16. The summed E-state index contributed by atoms with van der Waals surface area (Å²) < 4.78 is 7.20. The van der Waals surface area contributed by atoms with Crippen LogP contribution in [0.5, 0.6) is 0 Å². The van der Waals surface area contributed by atoms with Crippen molar-refractivity contribution in [1.29, 1.82) is 0 Å². The van der Waals surface area contributed by atoms with Gasteiger partial charge in [0.25, 0.3) is 0 Å². The highest BCUT2D eigenvalue weighted by atomic mass is 15.0. The van der Waals surface area contributed by atoms with Crippen molar-refractivity contribution >= 4 is 65.4 Å². The predicted molar refractivity (Wildman–Crippen MR) is 213 cm³/mol. The van der Waals surface area contributed by atoms with Crippen LogP contribution in [0, 0.1) is 0 Å². The highest BCUT2D eigenvalue weighted by molar-refractivity contribution is 6.13. The molecule has 0 radical (unpaired) electrons. The van der Waals surface area contributed by atoms with E-state index in [0.29, 0.717) is 0 Å². The van der Waals surface area contributed by atoms with Crippen molar-refractivity contribution in [2.45, 2.75) is 0 Å². The van der Waals surface area contributed by atoms with Crippen LogP contribution in [0.15, 0.2) is 182 Å². The van der Waals surface area contributed by atoms with Gasteiger partial charge in [-0.05, 0) is 72.3 Å². The van der Waals surface area contributed by atoms with Crippen molar-refractivity contribution in [2.75, 3.05) is 0 Å². The third-order valence-electron chi connectivity index (χ3n) is 10.5. The largest absolute Gasteiger partial charge is 0.309 e. The molecule has 11 aromatic rings. The molecule has 0 saturated heterocycles. The van der Waals surface area contributed by atoms with Crippen LogP contribution >= 0.6 is 0 Å². The number of hydrogen-bond donors (Lipinski definition) is 0. The summed E-state index contributed by atoms with van der Waals surface area (Å²) in [7, 11) is 0. The highest BCUT2D eigenvalue weighted by Crippen LogP contribution is 2.40. The van der Waals surface area contributed by atoms with Crippen LogP contribution in [0.2, 0.25) is 0 Å². The molecule has 0 N–H and O–H groups in total. The van der Waals surface area contributed by atoms with Crippen molar-refractivity contribution in [1.82, 2.24) is 18.7 Å². The van der Waals surface area contributed by atoms with E-state index in [-0.39, 0.29) is 0 Å². The minimum Gasteiger partial charge on any atom is -0.309 e. The fraction of sp³-hybridized carbons (Fsp3) is 0. The average Bonchev–Trinajstić information content (AvgIpc) is 3.84. The van der Waals surface area contributed by atoms with Crippen molar-refractivity contribution in [3.63, 3.8) is 0 Å². The molecule has 0 unspecified atom stereocenters. The Hall–Kier alpha value is -6.91. The number of rotatable bonds is 4. The molecule has 0 aliphatic carbocycles. The zero-order valence-electron chi connectivity index (χ0n) is 27.6. The van der Waals surface area contributed by atoms with Gasteiger partial charge in [0.15, 0.2) is 0 Å². The zero-order chi connectivity index (χ0) is 33.5. The lowest BCUT2D eigenvalue weighted by atomic mass is 10.0. The van der Waals surface area contributed by atoms with E-state index in [1.54, 1.807) is 0 Å². The molecule has 0 fully saturated rings. The minimum atomic E-state index is 1.13. The third-order valence-corrected chi connectivity index (χ3v) is 10.5. The zero-order valence-corrected chi connectivity index (χ0v) is 27.6. The smallest absolute Gasteiger partial charge is 0.0571 e. The first-order valence-corrected chi connectivity index (χ1v) is 17.4. The fourth-order valence-corrected chi connectivity index (χ4v) is 8.38. The summed E-state index contributed by atoms with van der Waals surface area (Å²) in [5, 5.41) is 7.35. The van der Waals surface area contributed by atoms with Gasteiger partial charge in [0.1, 0.15) is 0 Å². The Labute approximate surface area is 293 Å². The van der Waals surface area contributed by atoms with Gasteiger partial charge in [0, 0.05) is 61.6 Å². The van der Waals surface area contributed by atoms with E-state index in [9.17, 15) is 0 Å². The van der Waals surface area contributed by atoms with Crippen LogP contribution in [0.1, 0.15) is 0 Å². The molecule has 11 rings (SSSR count). The molecule has 0 aliphatic heterocycles. The number of pyridine rings is 1. The maximum absolute atomic E-state index is 4.46. The highest BCUT2D eigenvalue weighted by Gasteiger charge is 2.19. The van der Waals surface area contributed by atoms with Gasteiger partial charge in [-0.2, -0.15) is 0 Å². The molecular weight excluding hydrogens is 621 g/mol. The molecular formula is C47H30N4. The third kappa shape index (κ3) is 4.05. The van der Waals surface area contributed by atoms with E-state index in [0.717, 1.165) is 28.0 Å². The molecule has 238 valence electrons. The van der Waals surface area contributed by atoms with Gasteiger partial charge in [-0.25, -0.2) is 0 Å². The Morgan fingerprint density at radius 1 is 0.333 bits per heavy atom. The van der Waals surface area contributed by atoms with Crippen LogP contribution in [0.25, 0.3) is 93.6 Å². The van der Waals surface area contributed by atoms with Crippen LogP contribution in [-0.4, -0.2) is 18.7 Å². The van der Waals surface area contributed by atoms with Gasteiger partial charge in [-0.3, -0.25) is 4.98 Å². The maximum atomic E-state index is 4.46. The second kappa shape index (κ2) is 10.8. The van der Waals surface area contributed by atoms with Gasteiger partial charge in [-0.1, -0.05) is 103 Å². The molecule has 0 bridgehead atoms. The van der Waals surface area contributed by atoms with Crippen LogP contribution < -0.4 is 0 Å². The molecule has 0 amide bonds. The van der Waals surface area contributed by atoms with E-state index < -0.39 is 0 Å². The van der Waals surface area contributed by atoms with E-state index >= 15 is 0 Å². The molecule has 4 nitrogen and oxygen atoms in total. The summed E-state index contributed by atoms with van der Waals surface area (Å²) in [6.07, 6.45) is 3.86. The number of nitrogens with zero attached hydrogens (tertiary/aromatic N) is 4. The second-order valence-corrected chi connectivity index (χ2v) is 13.2. The van der Waals surface area contributed by atoms with Gasteiger partial charge < -0.3 is 13.7 Å². The molecule has 4 aromatic heterocycles.